The van der Waals surface area contributed by atoms with Gasteiger partial charge in [0.15, 0.2) is 0 Å². The average Bonchev–Trinajstić information content (AvgIpc) is 2.61. The molecule has 0 heterocycles. The Balaban J connectivity index is 1.98. The Labute approximate surface area is 98.9 Å². The van der Waals surface area contributed by atoms with E-state index in [0.29, 0.717) is 17.3 Å². The molecule has 16 heavy (non-hydrogen) atoms. The first-order chi connectivity index (χ1) is 7.36. The highest BCUT2D eigenvalue weighted by atomic mass is 16.3. The minimum atomic E-state index is -0.436. The highest BCUT2D eigenvalue weighted by Crippen LogP contribution is 2.71. The van der Waals surface area contributed by atoms with Gasteiger partial charge < -0.3 is 5.11 Å². The smallest absolute Gasteiger partial charge is 0.0656 e. The Hall–Kier alpha value is -0.300. The first-order valence-electron chi connectivity index (χ1n) is 6.76. The molecule has 0 spiro atoms. The molecular weight excluding hydrogens is 196 g/mol. The maximum Gasteiger partial charge on any atom is 0.0656 e. The predicted molar refractivity (Wildman–Crippen MR) is 66.0 cm³/mol. The van der Waals surface area contributed by atoms with Crippen LogP contribution in [0.5, 0.6) is 0 Å². The van der Waals surface area contributed by atoms with Crippen LogP contribution in [-0.4, -0.2) is 10.7 Å². The van der Waals surface area contributed by atoms with Gasteiger partial charge in [-0.1, -0.05) is 26.0 Å². The number of aliphatic hydroxyl groups is 1. The standard InChI is InChI=1S/C15H24O/c1-9-5-6-11-13(14(11,2)3)12-10(9)7-8-15(12,4)16/h10-13,16H,1,5-8H2,2-4H3/t10-,11+,12+,13+,15+/m0/s1. The van der Waals surface area contributed by atoms with Crippen LogP contribution in [0.2, 0.25) is 0 Å². The molecule has 3 rings (SSSR count). The van der Waals surface area contributed by atoms with Gasteiger partial charge in [-0.25, -0.2) is 0 Å². The number of hydrogen-bond donors (Lipinski definition) is 1. The molecule has 3 aliphatic rings. The normalized spacial score (nSPS) is 54.1. The third-order valence-corrected chi connectivity index (χ3v) is 5.94. The summed E-state index contributed by atoms with van der Waals surface area (Å²) in [5.41, 5.74) is 1.46. The fourth-order valence-electron chi connectivity index (χ4n) is 4.90. The molecule has 3 aliphatic carbocycles. The van der Waals surface area contributed by atoms with Crippen LogP contribution in [0.25, 0.3) is 0 Å². The van der Waals surface area contributed by atoms with Crippen molar-refractivity contribution in [3.8, 4) is 0 Å². The fraction of sp³-hybridized carbons (Fsp3) is 0.867. The predicted octanol–water partition coefficient (Wildman–Crippen LogP) is 3.39. The van der Waals surface area contributed by atoms with Crippen molar-refractivity contribution in [3.63, 3.8) is 0 Å². The van der Waals surface area contributed by atoms with E-state index in [4.69, 9.17) is 0 Å². The molecule has 0 unspecified atom stereocenters. The molecule has 90 valence electrons. The second-order valence-corrected chi connectivity index (χ2v) is 7.18. The van der Waals surface area contributed by atoms with E-state index in [-0.39, 0.29) is 0 Å². The summed E-state index contributed by atoms with van der Waals surface area (Å²) in [6, 6.07) is 0. The first kappa shape index (κ1) is 10.8. The van der Waals surface area contributed by atoms with Crippen molar-refractivity contribution in [1.82, 2.24) is 0 Å². The average molecular weight is 220 g/mol. The maximum absolute atomic E-state index is 10.6. The third kappa shape index (κ3) is 1.21. The summed E-state index contributed by atoms with van der Waals surface area (Å²) >= 11 is 0. The summed E-state index contributed by atoms with van der Waals surface area (Å²) < 4.78 is 0. The maximum atomic E-state index is 10.6. The summed E-state index contributed by atoms with van der Waals surface area (Å²) in [5.74, 6) is 2.67. The van der Waals surface area contributed by atoms with Gasteiger partial charge in [-0.05, 0) is 61.7 Å². The van der Waals surface area contributed by atoms with Gasteiger partial charge in [0, 0.05) is 0 Å². The number of fused-ring (bicyclic) bond motifs is 3. The zero-order valence-corrected chi connectivity index (χ0v) is 10.8. The van der Waals surface area contributed by atoms with E-state index in [2.05, 4.69) is 27.4 Å². The van der Waals surface area contributed by atoms with Crippen LogP contribution in [0.15, 0.2) is 12.2 Å². The molecule has 0 aromatic heterocycles. The van der Waals surface area contributed by atoms with Crippen molar-refractivity contribution in [2.75, 3.05) is 0 Å². The lowest BCUT2D eigenvalue weighted by molar-refractivity contribution is -0.00137. The second-order valence-electron chi connectivity index (χ2n) is 7.18. The summed E-state index contributed by atoms with van der Waals surface area (Å²) in [7, 11) is 0. The molecule has 0 aromatic carbocycles. The number of rotatable bonds is 0. The fourth-order valence-corrected chi connectivity index (χ4v) is 4.90. The van der Waals surface area contributed by atoms with Crippen molar-refractivity contribution < 1.29 is 5.11 Å². The van der Waals surface area contributed by atoms with Crippen molar-refractivity contribution in [2.45, 2.75) is 52.1 Å². The highest BCUT2D eigenvalue weighted by molar-refractivity contribution is 5.22. The van der Waals surface area contributed by atoms with Crippen LogP contribution >= 0.6 is 0 Å². The van der Waals surface area contributed by atoms with Crippen LogP contribution in [0.4, 0.5) is 0 Å². The zero-order valence-electron chi connectivity index (χ0n) is 10.8. The van der Waals surface area contributed by atoms with Crippen molar-refractivity contribution >= 4 is 0 Å². The van der Waals surface area contributed by atoms with Gasteiger partial charge >= 0.3 is 0 Å². The largest absolute Gasteiger partial charge is 0.390 e. The van der Waals surface area contributed by atoms with Gasteiger partial charge in [-0.2, -0.15) is 0 Å². The van der Waals surface area contributed by atoms with E-state index in [0.717, 1.165) is 24.7 Å². The molecule has 3 saturated carbocycles. The van der Waals surface area contributed by atoms with Gasteiger partial charge in [0.2, 0.25) is 0 Å². The van der Waals surface area contributed by atoms with Crippen LogP contribution in [0.1, 0.15) is 46.5 Å². The van der Waals surface area contributed by atoms with E-state index in [1.165, 1.54) is 18.4 Å². The summed E-state index contributed by atoms with van der Waals surface area (Å²) in [6.45, 7) is 11.1. The van der Waals surface area contributed by atoms with Crippen molar-refractivity contribution in [1.29, 1.82) is 0 Å². The molecule has 0 saturated heterocycles. The van der Waals surface area contributed by atoms with E-state index >= 15 is 0 Å². The van der Waals surface area contributed by atoms with Gasteiger partial charge in [-0.15, -0.1) is 0 Å². The van der Waals surface area contributed by atoms with Gasteiger partial charge in [-0.3, -0.25) is 0 Å². The molecule has 1 heteroatoms. The quantitative estimate of drug-likeness (QED) is 0.620. The van der Waals surface area contributed by atoms with E-state index < -0.39 is 5.60 Å². The number of allylic oxidation sites excluding steroid dienone is 1. The Morgan fingerprint density at radius 2 is 1.88 bits per heavy atom. The van der Waals surface area contributed by atoms with Crippen LogP contribution in [0.3, 0.4) is 0 Å². The lowest BCUT2D eigenvalue weighted by atomic mass is 9.78. The Kier molecular flexibility index (Phi) is 1.98. The Morgan fingerprint density at radius 3 is 2.56 bits per heavy atom. The topological polar surface area (TPSA) is 20.2 Å². The first-order valence-corrected chi connectivity index (χ1v) is 6.76. The minimum absolute atomic E-state index is 0.436. The van der Waals surface area contributed by atoms with Crippen LogP contribution < -0.4 is 0 Å². The Bertz CT molecular complexity index is 339. The molecule has 0 radical (unpaired) electrons. The molecule has 0 aliphatic heterocycles. The lowest BCUT2D eigenvalue weighted by Gasteiger charge is -2.31. The molecular formula is C15H24O. The van der Waals surface area contributed by atoms with Crippen molar-refractivity contribution in [3.05, 3.63) is 12.2 Å². The lowest BCUT2D eigenvalue weighted by Crippen LogP contribution is -2.34. The molecule has 1 N–H and O–H groups in total. The van der Waals surface area contributed by atoms with Gasteiger partial charge in [0.1, 0.15) is 0 Å². The molecule has 0 bridgehead atoms. The van der Waals surface area contributed by atoms with Gasteiger partial charge in [0.05, 0.1) is 5.60 Å². The van der Waals surface area contributed by atoms with Gasteiger partial charge in [0.25, 0.3) is 0 Å². The molecule has 1 nitrogen and oxygen atoms in total. The van der Waals surface area contributed by atoms with Crippen molar-refractivity contribution in [2.24, 2.45) is 29.1 Å². The highest BCUT2D eigenvalue weighted by Gasteiger charge is 2.67. The molecule has 0 aromatic rings. The monoisotopic (exact) mass is 220 g/mol. The molecule has 0 amide bonds. The molecule has 5 atom stereocenters. The van der Waals surface area contributed by atoms with E-state index in [9.17, 15) is 5.11 Å². The minimum Gasteiger partial charge on any atom is -0.390 e. The Morgan fingerprint density at radius 1 is 1.19 bits per heavy atom. The zero-order chi connectivity index (χ0) is 11.7. The van der Waals surface area contributed by atoms with Crippen LogP contribution in [-0.2, 0) is 0 Å². The summed E-state index contributed by atoms with van der Waals surface area (Å²) in [5, 5.41) is 10.6. The van der Waals surface area contributed by atoms with E-state index in [1.807, 2.05) is 0 Å². The SMILES string of the molecule is C=C1CC[C@@H]2[C@H]([C@H]3[C@H]1CC[C@@]3(C)O)C2(C)C. The van der Waals surface area contributed by atoms with E-state index in [1.54, 1.807) is 0 Å². The second kappa shape index (κ2) is 2.93. The number of hydrogen-bond acceptors (Lipinski definition) is 1. The molecule has 3 fully saturated rings. The summed E-state index contributed by atoms with van der Waals surface area (Å²) in [6.07, 6.45) is 4.64. The van der Waals surface area contributed by atoms with Crippen LogP contribution in [0, 0.1) is 29.1 Å². The third-order valence-electron chi connectivity index (χ3n) is 5.94. The summed E-state index contributed by atoms with van der Waals surface area (Å²) in [4.78, 5) is 0.